The average molecular weight is 433 g/mol. The molecular weight excluding hydrogens is 416 g/mol. The van der Waals surface area contributed by atoms with Crippen LogP contribution in [0, 0.1) is 10.1 Å². The predicted octanol–water partition coefficient (Wildman–Crippen LogP) is 4.48. The second kappa shape index (κ2) is 9.70. The Morgan fingerprint density at radius 2 is 1.81 bits per heavy atom. The molecule has 0 radical (unpaired) electrons. The minimum Gasteiger partial charge on any atom is -0.493 e. The summed E-state index contributed by atoms with van der Waals surface area (Å²) in [6.45, 7) is -4.10. The van der Waals surface area contributed by atoms with Crippen molar-refractivity contribution in [1.29, 1.82) is 0 Å². The Morgan fingerprint density at radius 1 is 1.06 bits per heavy atom. The fourth-order valence-electron chi connectivity index (χ4n) is 2.82. The molecule has 0 bridgehead atoms. The molecule has 0 heterocycles. The third-order valence-electron chi connectivity index (χ3n) is 4.24. The first-order valence-electron chi connectivity index (χ1n) is 8.94. The van der Waals surface area contributed by atoms with Gasteiger partial charge in [-0.25, -0.2) is 4.79 Å². The number of fused-ring (bicyclic) bond motifs is 1. The normalized spacial score (nSPS) is 10.7. The molecule has 3 aromatic carbocycles. The summed E-state index contributed by atoms with van der Waals surface area (Å²) in [5.41, 5.74) is -0.609. The molecule has 0 fully saturated rings. The Balaban J connectivity index is 1.66. The summed E-state index contributed by atoms with van der Waals surface area (Å²) >= 11 is 0. The molecule has 0 N–H and O–H groups in total. The maximum absolute atomic E-state index is 12.5. The monoisotopic (exact) mass is 433 g/mol. The van der Waals surface area contributed by atoms with Gasteiger partial charge < -0.3 is 18.9 Å². The highest BCUT2D eigenvalue weighted by Gasteiger charge is 2.22. The topological polar surface area (TPSA) is 97.1 Å². The van der Waals surface area contributed by atoms with Crippen molar-refractivity contribution in [2.75, 3.05) is 13.7 Å². The highest BCUT2D eigenvalue weighted by atomic mass is 19.3. The minimum absolute atomic E-state index is 0.0532. The summed E-state index contributed by atoms with van der Waals surface area (Å²) in [6, 6.07) is 14.8. The Kier molecular flexibility index (Phi) is 6.81. The van der Waals surface area contributed by atoms with E-state index in [1.54, 1.807) is 12.1 Å². The number of nitro benzene ring substituents is 1. The van der Waals surface area contributed by atoms with E-state index < -0.39 is 42.2 Å². The summed E-state index contributed by atoms with van der Waals surface area (Å²) in [4.78, 5) is 22.5. The Hall–Kier alpha value is -3.95. The molecule has 8 nitrogen and oxygen atoms in total. The number of carbonyl (C=O) groups is 1. The lowest BCUT2D eigenvalue weighted by molar-refractivity contribution is -0.386. The van der Waals surface area contributed by atoms with E-state index in [4.69, 9.17) is 14.2 Å². The lowest BCUT2D eigenvalue weighted by Crippen LogP contribution is -2.15. The van der Waals surface area contributed by atoms with Gasteiger partial charge in [0.25, 0.3) is 5.69 Å². The highest BCUT2D eigenvalue weighted by molar-refractivity contribution is 5.83. The molecule has 3 rings (SSSR count). The van der Waals surface area contributed by atoms with Gasteiger partial charge >= 0.3 is 12.6 Å². The van der Waals surface area contributed by atoms with Crippen LogP contribution in [0.3, 0.4) is 0 Å². The fourth-order valence-corrected chi connectivity index (χ4v) is 2.82. The summed E-state index contributed by atoms with van der Waals surface area (Å²) in [7, 11) is 1.19. The Labute approximate surface area is 175 Å². The van der Waals surface area contributed by atoms with E-state index in [0.29, 0.717) is 5.75 Å². The van der Waals surface area contributed by atoms with E-state index in [2.05, 4.69) is 4.74 Å². The molecule has 0 saturated heterocycles. The smallest absolute Gasteiger partial charge is 0.387 e. The molecular formula is C21H17F2NO7. The van der Waals surface area contributed by atoms with Crippen LogP contribution in [-0.4, -0.2) is 31.2 Å². The molecule has 0 spiro atoms. The Bertz CT molecular complexity index is 1100. The lowest BCUT2D eigenvalue weighted by Gasteiger charge is -2.12. The molecule has 0 aliphatic carbocycles. The average Bonchev–Trinajstić information content (AvgIpc) is 2.75. The fraction of sp³-hybridized carbons (Fsp3) is 0.190. The number of nitro groups is 1. The van der Waals surface area contributed by atoms with Gasteiger partial charge in [0, 0.05) is 0 Å². The quantitative estimate of drug-likeness (QED) is 0.279. The molecule has 162 valence electrons. The Morgan fingerprint density at radius 3 is 2.48 bits per heavy atom. The summed E-state index contributed by atoms with van der Waals surface area (Å²) in [5.74, 6) is -0.977. The molecule has 0 atom stereocenters. The van der Waals surface area contributed by atoms with Crippen LogP contribution in [-0.2, 0) is 16.1 Å². The van der Waals surface area contributed by atoms with Gasteiger partial charge in [-0.1, -0.05) is 30.3 Å². The first-order chi connectivity index (χ1) is 14.9. The number of hydrogen-bond acceptors (Lipinski definition) is 7. The van der Waals surface area contributed by atoms with Gasteiger partial charge in [0.15, 0.2) is 18.1 Å². The summed E-state index contributed by atoms with van der Waals surface area (Å²) in [6.07, 6.45) is 0. The van der Waals surface area contributed by atoms with Crippen molar-refractivity contribution in [1.82, 2.24) is 0 Å². The van der Waals surface area contributed by atoms with Crippen molar-refractivity contribution >= 4 is 22.4 Å². The zero-order chi connectivity index (χ0) is 22.4. The van der Waals surface area contributed by atoms with Gasteiger partial charge in [0.2, 0.25) is 0 Å². The zero-order valence-corrected chi connectivity index (χ0v) is 16.2. The van der Waals surface area contributed by atoms with Gasteiger partial charge in [-0.2, -0.15) is 8.78 Å². The standard InChI is InChI=1S/C21H17F2NO7/c1-28-18-9-15(17(24(26)27)10-19(18)31-21(22)23)11-30-20(25)12-29-16-7-6-13-4-2-3-5-14(13)8-16/h2-10,21H,11-12H2,1H3. The van der Waals surface area contributed by atoms with Crippen molar-refractivity contribution in [2.45, 2.75) is 13.2 Å². The predicted molar refractivity (Wildman–Crippen MR) is 106 cm³/mol. The second-order valence-corrected chi connectivity index (χ2v) is 6.23. The molecule has 0 amide bonds. The van der Waals surface area contributed by atoms with Crippen molar-refractivity contribution in [3.8, 4) is 17.2 Å². The van der Waals surface area contributed by atoms with E-state index in [1.165, 1.54) is 7.11 Å². The molecule has 0 saturated carbocycles. The largest absolute Gasteiger partial charge is 0.493 e. The second-order valence-electron chi connectivity index (χ2n) is 6.23. The van der Waals surface area contributed by atoms with Crippen LogP contribution in [0.5, 0.6) is 17.2 Å². The lowest BCUT2D eigenvalue weighted by atomic mass is 10.1. The maximum Gasteiger partial charge on any atom is 0.387 e. The number of halogens is 2. The van der Waals surface area contributed by atoms with Crippen LogP contribution in [0.25, 0.3) is 10.8 Å². The summed E-state index contributed by atoms with van der Waals surface area (Å²) in [5, 5.41) is 13.2. The summed E-state index contributed by atoms with van der Waals surface area (Å²) < 4.78 is 44.6. The molecule has 0 unspecified atom stereocenters. The number of ether oxygens (including phenoxy) is 4. The van der Waals surface area contributed by atoms with Crippen LogP contribution in [0.1, 0.15) is 5.56 Å². The van der Waals surface area contributed by atoms with E-state index in [-0.39, 0.29) is 11.3 Å². The molecule has 0 aromatic heterocycles. The minimum atomic E-state index is -3.19. The number of nitrogens with zero attached hydrogens (tertiary/aromatic N) is 1. The van der Waals surface area contributed by atoms with E-state index >= 15 is 0 Å². The number of rotatable bonds is 9. The van der Waals surface area contributed by atoms with Crippen molar-refractivity contribution in [2.24, 2.45) is 0 Å². The van der Waals surface area contributed by atoms with Crippen LogP contribution >= 0.6 is 0 Å². The van der Waals surface area contributed by atoms with Gasteiger partial charge in [-0.05, 0) is 29.0 Å². The van der Waals surface area contributed by atoms with Gasteiger partial charge in [0.1, 0.15) is 12.4 Å². The van der Waals surface area contributed by atoms with Crippen molar-refractivity contribution in [3.05, 3.63) is 70.3 Å². The van der Waals surface area contributed by atoms with Gasteiger partial charge in [0.05, 0.1) is 23.7 Å². The van der Waals surface area contributed by atoms with Crippen LogP contribution in [0.4, 0.5) is 14.5 Å². The molecule has 3 aromatic rings. The molecule has 0 aliphatic heterocycles. The third-order valence-corrected chi connectivity index (χ3v) is 4.24. The van der Waals surface area contributed by atoms with Crippen LogP contribution in [0.15, 0.2) is 54.6 Å². The SMILES string of the molecule is COc1cc(COC(=O)COc2ccc3ccccc3c2)c([N+](=O)[O-])cc1OC(F)F. The van der Waals surface area contributed by atoms with E-state index in [1.807, 2.05) is 30.3 Å². The number of hydrogen-bond donors (Lipinski definition) is 0. The molecule has 10 heteroatoms. The molecule has 31 heavy (non-hydrogen) atoms. The van der Waals surface area contributed by atoms with E-state index in [0.717, 1.165) is 22.9 Å². The number of methoxy groups -OCH3 is 1. The first kappa shape index (κ1) is 21.8. The van der Waals surface area contributed by atoms with Gasteiger partial charge in [-0.15, -0.1) is 0 Å². The first-order valence-corrected chi connectivity index (χ1v) is 8.94. The zero-order valence-electron chi connectivity index (χ0n) is 16.2. The van der Waals surface area contributed by atoms with Crippen LogP contribution < -0.4 is 14.2 Å². The van der Waals surface area contributed by atoms with Gasteiger partial charge in [-0.3, -0.25) is 10.1 Å². The van der Waals surface area contributed by atoms with Crippen molar-refractivity contribution in [3.63, 3.8) is 0 Å². The van der Waals surface area contributed by atoms with Crippen LogP contribution in [0.2, 0.25) is 0 Å². The van der Waals surface area contributed by atoms with E-state index in [9.17, 15) is 23.7 Å². The number of benzene rings is 3. The molecule has 0 aliphatic rings. The van der Waals surface area contributed by atoms with Crippen molar-refractivity contribution < 1.29 is 37.4 Å². The highest BCUT2D eigenvalue weighted by Crippen LogP contribution is 2.36. The number of alkyl halides is 2. The number of esters is 1. The third kappa shape index (κ3) is 5.56. The maximum atomic E-state index is 12.5. The number of carbonyl (C=O) groups excluding carboxylic acids is 1.